The number of fused-ring (bicyclic) bond motifs is 1. The van der Waals surface area contributed by atoms with Crippen molar-refractivity contribution in [2.45, 2.75) is 38.6 Å². The van der Waals surface area contributed by atoms with Gasteiger partial charge in [-0.1, -0.05) is 6.42 Å². The fraction of sp³-hybridized carbons (Fsp3) is 0.500. The van der Waals surface area contributed by atoms with Crippen LogP contribution >= 0.6 is 0 Å². The highest BCUT2D eigenvalue weighted by atomic mass is 16.5. The van der Waals surface area contributed by atoms with Gasteiger partial charge in [0.15, 0.2) is 0 Å². The normalized spacial score (nSPS) is 22.5. The molecule has 6 nitrogen and oxygen atoms in total. The van der Waals surface area contributed by atoms with Crippen LogP contribution in [0.25, 0.3) is 5.70 Å². The van der Waals surface area contributed by atoms with E-state index in [4.69, 9.17) is 4.74 Å². The van der Waals surface area contributed by atoms with Gasteiger partial charge in [-0.05, 0) is 75.2 Å². The van der Waals surface area contributed by atoms with Crippen LogP contribution in [0.15, 0.2) is 40.5 Å². The number of hydrazine groups is 1. The second-order valence-electron chi connectivity index (χ2n) is 7.09. The molecule has 1 N–H and O–H groups in total. The molecule has 0 aliphatic carbocycles. The highest BCUT2D eigenvalue weighted by Crippen LogP contribution is 2.24. The first-order valence-corrected chi connectivity index (χ1v) is 9.61. The second-order valence-corrected chi connectivity index (χ2v) is 7.09. The molecule has 1 unspecified atom stereocenters. The van der Waals surface area contributed by atoms with E-state index in [-0.39, 0.29) is 6.04 Å². The maximum absolute atomic E-state index is 5.91. The van der Waals surface area contributed by atoms with E-state index < -0.39 is 0 Å². The highest BCUT2D eigenvalue weighted by Gasteiger charge is 2.26. The van der Waals surface area contributed by atoms with Crippen molar-refractivity contribution in [1.29, 1.82) is 0 Å². The minimum absolute atomic E-state index is 0.133. The van der Waals surface area contributed by atoms with Crippen molar-refractivity contribution in [3.63, 3.8) is 0 Å². The zero-order valence-electron chi connectivity index (χ0n) is 15.4. The maximum atomic E-state index is 5.91. The summed E-state index contributed by atoms with van der Waals surface area (Å²) in [6.07, 6.45) is 9.18. The number of benzene rings is 1. The molecule has 1 saturated heterocycles. The van der Waals surface area contributed by atoms with Crippen LogP contribution in [0, 0.1) is 0 Å². The quantitative estimate of drug-likeness (QED) is 0.799. The van der Waals surface area contributed by atoms with Gasteiger partial charge in [-0.15, -0.1) is 5.10 Å². The van der Waals surface area contributed by atoms with Gasteiger partial charge >= 0.3 is 0 Å². The smallest absolute Gasteiger partial charge is 0.143 e. The van der Waals surface area contributed by atoms with Crippen molar-refractivity contribution in [2.24, 2.45) is 10.2 Å². The van der Waals surface area contributed by atoms with Gasteiger partial charge in [0.05, 0.1) is 18.5 Å². The fourth-order valence-electron chi connectivity index (χ4n) is 3.68. The summed E-state index contributed by atoms with van der Waals surface area (Å²) < 4.78 is 5.91. The number of hydrogen-bond donors (Lipinski definition) is 1. The lowest BCUT2D eigenvalue weighted by molar-refractivity contribution is 0.205. The Morgan fingerprint density at radius 2 is 1.96 bits per heavy atom. The summed E-state index contributed by atoms with van der Waals surface area (Å²) in [7, 11) is 0. The van der Waals surface area contributed by atoms with Crippen LogP contribution < -0.4 is 10.2 Å². The standard InChI is InChI=1S/C20H27N5O/c1-16-22-21-15-18-14-20(23-25(16)18)17-6-8-19(9-7-17)26-13-5-12-24-10-3-2-4-11-24/h6-9,14-15,18,23H,2-5,10-13H2,1H3. The second kappa shape index (κ2) is 7.91. The molecule has 3 aliphatic rings. The Balaban J connectivity index is 1.26. The van der Waals surface area contributed by atoms with E-state index in [1.165, 1.54) is 32.4 Å². The lowest BCUT2D eigenvalue weighted by Crippen LogP contribution is -2.44. The number of nitrogens with one attached hydrogen (secondary N) is 1. The third-order valence-corrected chi connectivity index (χ3v) is 5.15. The van der Waals surface area contributed by atoms with Crippen molar-refractivity contribution < 1.29 is 4.74 Å². The van der Waals surface area contributed by atoms with Crippen molar-refractivity contribution in [1.82, 2.24) is 15.3 Å². The topological polar surface area (TPSA) is 52.5 Å². The van der Waals surface area contributed by atoms with E-state index in [1.54, 1.807) is 0 Å². The highest BCUT2D eigenvalue weighted by molar-refractivity contribution is 5.90. The summed E-state index contributed by atoms with van der Waals surface area (Å²) in [5, 5.41) is 10.1. The van der Waals surface area contributed by atoms with Crippen LogP contribution in [0.4, 0.5) is 0 Å². The average Bonchev–Trinajstić information content (AvgIpc) is 3.12. The summed E-state index contributed by atoms with van der Waals surface area (Å²) >= 11 is 0. The SMILES string of the molecule is CC1=NN=CC2C=C(c3ccc(OCCCN4CCCCC4)cc3)NN12. The molecule has 0 radical (unpaired) electrons. The Hall–Kier alpha value is -2.34. The minimum Gasteiger partial charge on any atom is -0.494 e. The molecule has 1 fully saturated rings. The molecule has 4 rings (SSSR count). The zero-order chi connectivity index (χ0) is 17.8. The Labute approximate surface area is 155 Å². The predicted molar refractivity (Wildman–Crippen MR) is 105 cm³/mol. The number of nitrogens with zero attached hydrogens (tertiary/aromatic N) is 4. The Bertz CT molecular complexity index is 703. The third-order valence-electron chi connectivity index (χ3n) is 5.15. The van der Waals surface area contributed by atoms with Crippen molar-refractivity contribution >= 4 is 17.7 Å². The van der Waals surface area contributed by atoms with E-state index in [0.29, 0.717) is 0 Å². The lowest BCUT2D eigenvalue weighted by atomic mass is 10.1. The van der Waals surface area contributed by atoms with Crippen molar-refractivity contribution in [2.75, 3.05) is 26.2 Å². The van der Waals surface area contributed by atoms with E-state index >= 15 is 0 Å². The summed E-state index contributed by atoms with van der Waals surface area (Å²) in [5.74, 6) is 1.81. The van der Waals surface area contributed by atoms with Crippen LogP contribution in [0.3, 0.4) is 0 Å². The first kappa shape index (κ1) is 17.1. The summed E-state index contributed by atoms with van der Waals surface area (Å²) in [6, 6.07) is 8.42. The molecule has 0 saturated carbocycles. The van der Waals surface area contributed by atoms with Crippen molar-refractivity contribution in [3.8, 4) is 5.75 Å². The average molecular weight is 353 g/mol. The van der Waals surface area contributed by atoms with Gasteiger partial charge in [-0.2, -0.15) is 5.10 Å². The van der Waals surface area contributed by atoms with E-state index in [2.05, 4.69) is 38.7 Å². The molecule has 1 atom stereocenters. The van der Waals surface area contributed by atoms with Crippen LogP contribution in [-0.4, -0.2) is 54.2 Å². The molecule has 138 valence electrons. The number of likely N-dealkylation sites (tertiary alicyclic amines) is 1. The first-order valence-electron chi connectivity index (χ1n) is 9.61. The van der Waals surface area contributed by atoms with Gasteiger partial charge in [-0.3, -0.25) is 10.4 Å². The molecule has 0 spiro atoms. The molecule has 3 heterocycles. The molecule has 26 heavy (non-hydrogen) atoms. The van der Waals surface area contributed by atoms with Crippen LogP contribution in [-0.2, 0) is 0 Å². The largest absolute Gasteiger partial charge is 0.494 e. The van der Waals surface area contributed by atoms with Gasteiger partial charge in [-0.25, -0.2) is 0 Å². The summed E-state index contributed by atoms with van der Waals surface area (Å²) in [6.45, 7) is 6.38. The molecule has 3 aliphatic heterocycles. The van der Waals surface area contributed by atoms with Gasteiger partial charge in [0, 0.05) is 6.54 Å². The molecule has 1 aromatic rings. The van der Waals surface area contributed by atoms with E-state index in [1.807, 2.05) is 30.3 Å². The molecule has 1 aromatic carbocycles. The van der Waals surface area contributed by atoms with Gasteiger partial charge in [0.1, 0.15) is 17.6 Å². The monoisotopic (exact) mass is 353 g/mol. The van der Waals surface area contributed by atoms with Gasteiger partial charge < -0.3 is 9.64 Å². The minimum atomic E-state index is 0.133. The number of rotatable bonds is 6. The van der Waals surface area contributed by atoms with E-state index in [0.717, 1.165) is 42.4 Å². The lowest BCUT2D eigenvalue weighted by Gasteiger charge is -2.26. The first-order chi connectivity index (χ1) is 12.8. The third kappa shape index (κ3) is 3.90. The van der Waals surface area contributed by atoms with Crippen LogP contribution in [0.5, 0.6) is 5.75 Å². The maximum Gasteiger partial charge on any atom is 0.143 e. The molecule has 6 heteroatoms. The summed E-state index contributed by atoms with van der Waals surface area (Å²) in [4.78, 5) is 2.55. The van der Waals surface area contributed by atoms with Gasteiger partial charge in [0.2, 0.25) is 0 Å². The number of amidine groups is 1. The Morgan fingerprint density at radius 3 is 2.73 bits per heavy atom. The molecule has 0 aromatic heterocycles. The predicted octanol–water partition coefficient (Wildman–Crippen LogP) is 2.89. The Kier molecular flexibility index (Phi) is 5.20. The Morgan fingerprint density at radius 1 is 1.15 bits per heavy atom. The molecule has 0 bridgehead atoms. The number of piperidine rings is 1. The number of hydrogen-bond acceptors (Lipinski definition) is 6. The molecular weight excluding hydrogens is 326 g/mol. The van der Waals surface area contributed by atoms with Crippen molar-refractivity contribution in [3.05, 3.63) is 35.9 Å². The van der Waals surface area contributed by atoms with Crippen LogP contribution in [0.2, 0.25) is 0 Å². The van der Waals surface area contributed by atoms with E-state index in [9.17, 15) is 0 Å². The fourth-order valence-corrected chi connectivity index (χ4v) is 3.68. The van der Waals surface area contributed by atoms with Gasteiger partial charge in [0.25, 0.3) is 0 Å². The van der Waals surface area contributed by atoms with Crippen LogP contribution in [0.1, 0.15) is 38.2 Å². The number of ether oxygens (including phenoxy) is 1. The molecular formula is C20H27N5O. The molecule has 0 amide bonds. The summed E-state index contributed by atoms with van der Waals surface area (Å²) in [5.41, 5.74) is 5.61. The zero-order valence-corrected chi connectivity index (χ0v) is 15.4.